The Labute approximate surface area is 91.3 Å². The molecule has 0 bridgehead atoms. The minimum Gasteiger partial charge on any atom is -0.396 e. The summed E-state index contributed by atoms with van der Waals surface area (Å²) in [5.74, 6) is 0. The summed E-state index contributed by atoms with van der Waals surface area (Å²) in [6.45, 7) is 4.29. The molecule has 0 spiro atoms. The fourth-order valence-electron chi connectivity index (χ4n) is 1.86. The largest absolute Gasteiger partial charge is 0.396 e. The molecule has 1 aromatic carbocycles. The molecule has 2 N–H and O–H groups in total. The third-order valence-corrected chi connectivity index (χ3v) is 3.20. The van der Waals surface area contributed by atoms with Crippen molar-refractivity contribution in [2.24, 2.45) is 5.41 Å². The molecule has 0 aromatic heterocycles. The molecule has 2 nitrogen and oxygen atoms in total. The molecule has 0 saturated heterocycles. The van der Waals surface area contributed by atoms with Gasteiger partial charge in [-0.2, -0.15) is 0 Å². The van der Waals surface area contributed by atoms with Crippen molar-refractivity contribution >= 4 is 0 Å². The number of hydrogen-bond acceptors (Lipinski definition) is 2. The normalized spacial score (nSPS) is 17.7. The summed E-state index contributed by atoms with van der Waals surface area (Å²) in [7, 11) is 0. The molecule has 1 fully saturated rings. The number of aliphatic hydroxyl groups is 1. The highest BCUT2D eigenvalue weighted by molar-refractivity contribution is 5.22. The average molecular weight is 205 g/mol. The zero-order valence-corrected chi connectivity index (χ0v) is 9.29. The van der Waals surface area contributed by atoms with Crippen molar-refractivity contribution in [3.05, 3.63) is 35.4 Å². The van der Waals surface area contributed by atoms with Crippen molar-refractivity contribution in [3.8, 4) is 0 Å². The van der Waals surface area contributed by atoms with E-state index in [1.807, 2.05) is 0 Å². The molecule has 15 heavy (non-hydrogen) atoms. The van der Waals surface area contributed by atoms with Gasteiger partial charge in [-0.1, -0.05) is 29.8 Å². The predicted molar refractivity (Wildman–Crippen MR) is 61.6 cm³/mol. The molecule has 0 amide bonds. The van der Waals surface area contributed by atoms with Gasteiger partial charge in [-0.25, -0.2) is 0 Å². The lowest BCUT2D eigenvalue weighted by Crippen LogP contribution is -2.26. The smallest absolute Gasteiger partial charge is 0.0499 e. The van der Waals surface area contributed by atoms with E-state index in [0.29, 0.717) is 6.61 Å². The summed E-state index contributed by atoms with van der Waals surface area (Å²) >= 11 is 0. The highest BCUT2D eigenvalue weighted by Gasteiger charge is 2.41. The van der Waals surface area contributed by atoms with E-state index < -0.39 is 0 Å². The zero-order chi connectivity index (χ0) is 10.7. The van der Waals surface area contributed by atoms with E-state index in [2.05, 4.69) is 36.5 Å². The minimum absolute atomic E-state index is 0.212. The van der Waals surface area contributed by atoms with Gasteiger partial charge < -0.3 is 10.4 Å². The van der Waals surface area contributed by atoms with Crippen molar-refractivity contribution in [1.29, 1.82) is 0 Å². The van der Waals surface area contributed by atoms with E-state index in [9.17, 15) is 0 Å². The lowest BCUT2D eigenvalue weighted by molar-refractivity contribution is 0.207. The molecule has 82 valence electrons. The summed E-state index contributed by atoms with van der Waals surface area (Å²) in [6.07, 6.45) is 2.34. The molecule has 0 aliphatic heterocycles. The van der Waals surface area contributed by atoms with Crippen molar-refractivity contribution in [2.75, 3.05) is 13.2 Å². The van der Waals surface area contributed by atoms with Gasteiger partial charge in [-0.15, -0.1) is 0 Å². The van der Waals surface area contributed by atoms with Crippen LogP contribution in [0.2, 0.25) is 0 Å². The Morgan fingerprint density at radius 2 is 2.20 bits per heavy atom. The molecule has 1 aliphatic rings. The number of nitrogens with one attached hydrogen (secondary N) is 1. The van der Waals surface area contributed by atoms with Crippen LogP contribution in [0.1, 0.15) is 24.0 Å². The van der Waals surface area contributed by atoms with Gasteiger partial charge in [0.25, 0.3) is 0 Å². The SMILES string of the molecule is Cc1cccc(CNCC2(CO)CC2)c1. The quantitative estimate of drug-likeness (QED) is 0.769. The standard InChI is InChI=1S/C13H19NO/c1-11-3-2-4-12(7-11)8-14-9-13(10-15)5-6-13/h2-4,7,14-15H,5-6,8-10H2,1H3. The van der Waals surface area contributed by atoms with Crippen LogP contribution in [-0.4, -0.2) is 18.3 Å². The van der Waals surface area contributed by atoms with E-state index in [-0.39, 0.29) is 5.41 Å². The topological polar surface area (TPSA) is 32.3 Å². The molecular formula is C13H19NO. The van der Waals surface area contributed by atoms with Gasteiger partial charge in [0.05, 0.1) is 0 Å². The second-order valence-electron chi connectivity index (χ2n) is 4.75. The summed E-state index contributed by atoms with van der Waals surface area (Å²) in [6, 6.07) is 8.54. The summed E-state index contributed by atoms with van der Waals surface area (Å²) in [4.78, 5) is 0. The molecule has 1 saturated carbocycles. The van der Waals surface area contributed by atoms with Gasteiger partial charge in [-0.05, 0) is 25.3 Å². The number of aryl methyl sites for hydroxylation is 1. The van der Waals surface area contributed by atoms with Gasteiger partial charge in [0.1, 0.15) is 0 Å². The Morgan fingerprint density at radius 1 is 1.40 bits per heavy atom. The molecule has 0 atom stereocenters. The molecule has 1 aromatic rings. The van der Waals surface area contributed by atoms with Crippen LogP contribution in [0.4, 0.5) is 0 Å². The van der Waals surface area contributed by atoms with Crippen LogP contribution in [0.5, 0.6) is 0 Å². The first-order valence-corrected chi connectivity index (χ1v) is 5.61. The molecule has 0 radical (unpaired) electrons. The maximum Gasteiger partial charge on any atom is 0.0499 e. The summed E-state index contributed by atoms with van der Waals surface area (Å²) < 4.78 is 0. The van der Waals surface area contributed by atoms with Crippen molar-refractivity contribution in [3.63, 3.8) is 0 Å². The van der Waals surface area contributed by atoms with Gasteiger partial charge >= 0.3 is 0 Å². The molecule has 2 heteroatoms. The minimum atomic E-state index is 0.212. The Morgan fingerprint density at radius 3 is 2.80 bits per heavy atom. The van der Waals surface area contributed by atoms with Crippen LogP contribution in [-0.2, 0) is 6.54 Å². The van der Waals surface area contributed by atoms with Gasteiger partial charge in [0, 0.05) is 25.1 Å². The van der Waals surface area contributed by atoms with Crippen LogP contribution in [0.3, 0.4) is 0 Å². The lowest BCUT2D eigenvalue weighted by Gasteiger charge is -2.12. The van der Waals surface area contributed by atoms with Gasteiger partial charge in [-0.3, -0.25) is 0 Å². The highest BCUT2D eigenvalue weighted by Crippen LogP contribution is 2.44. The summed E-state index contributed by atoms with van der Waals surface area (Å²) in [5, 5.41) is 12.6. The first-order valence-electron chi connectivity index (χ1n) is 5.61. The van der Waals surface area contributed by atoms with E-state index in [0.717, 1.165) is 13.1 Å². The van der Waals surface area contributed by atoms with Crippen LogP contribution in [0.25, 0.3) is 0 Å². The number of rotatable bonds is 5. The van der Waals surface area contributed by atoms with Gasteiger partial charge in [0.2, 0.25) is 0 Å². The first-order chi connectivity index (χ1) is 7.24. The zero-order valence-electron chi connectivity index (χ0n) is 9.29. The van der Waals surface area contributed by atoms with E-state index in [4.69, 9.17) is 5.11 Å². The molecule has 1 aliphatic carbocycles. The maximum atomic E-state index is 9.16. The van der Waals surface area contributed by atoms with E-state index >= 15 is 0 Å². The fourth-order valence-corrected chi connectivity index (χ4v) is 1.86. The van der Waals surface area contributed by atoms with Crippen LogP contribution in [0.15, 0.2) is 24.3 Å². The first kappa shape index (κ1) is 10.7. The third kappa shape index (κ3) is 2.80. The number of benzene rings is 1. The van der Waals surface area contributed by atoms with Crippen molar-refractivity contribution in [2.45, 2.75) is 26.3 Å². The molecular weight excluding hydrogens is 186 g/mol. The van der Waals surface area contributed by atoms with Crippen LogP contribution < -0.4 is 5.32 Å². The Kier molecular flexibility index (Phi) is 3.08. The Balaban J connectivity index is 1.78. The van der Waals surface area contributed by atoms with Crippen molar-refractivity contribution in [1.82, 2.24) is 5.32 Å². The number of hydrogen-bond donors (Lipinski definition) is 2. The second-order valence-corrected chi connectivity index (χ2v) is 4.75. The molecule has 2 rings (SSSR count). The number of aliphatic hydroxyl groups excluding tert-OH is 1. The van der Waals surface area contributed by atoms with Gasteiger partial charge in [0.15, 0.2) is 0 Å². The fraction of sp³-hybridized carbons (Fsp3) is 0.538. The van der Waals surface area contributed by atoms with Crippen molar-refractivity contribution < 1.29 is 5.11 Å². The maximum absolute atomic E-state index is 9.16. The highest BCUT2D eigenvalue weighted by atomic mass is 16.3. The van der Waals surface area contributed by atoms with E-state index in [1.165, 1.54) is 24.0 Å². The third-order valence-electron chi connectivity index (χ3n) is 3.20. The molecule has 0 heterocycles. The van der Waals surface area contributed by atoms with E-state index in [1.54, 1.807) is 0 Å². The van der Waals surface area contributed by atoms with Crippen LogP contribution in [0, 0.1) is 12.3 Å². The predicted octanol–water partition coefficient (Wildman–Crippen LogP) is 1.86. The Bertz CT molecular complexity index is 331. The average Bonchev–Trinajstić information content (AvgIpc) is 2.99. The second kappa shape index (κ2) is 4.33. The van der Waals surface area contributed by atoms with Crippen LogP contribution >= 0.6 is 0 Å². The monoisotopic (exact) mass is 205 g/mol. The molecule has 0 unspecified atom stereocenters. The summed E-state index contributed by atoms with van der Waals surface area (Å²) in [5.41, 5.74) is 2.84. The lowest BCUT2D eigenvalue weighted by atomic mass is 10.1. The Hall–Kier alpha value is -0.860.